The Balaban J connectivity index is 2.13. The van der Waals surface area contributed by atoms with Gasteiger partial charge in [-0.15, -0.1) is 0 Å². The van der Waals surface area contributed by atoms with Crippen molar-refractivity contribution in [2.24, 2.45) is 5.84 Å². The number of nitrogens with two attached hydrogens (primary N) is 1. The highest BCUT2D eigenvalue weighted by Gasteiger charge is 2.09. The zero-order chi connectivity index (χ0) is 13.8. The predicted molar refractivity (Wildman–Crippen MR) is 69.2 cm³/mol. The van der Waals surface area contributed by atoms with Gasteiger partial charge >= 0.3 is 0 Å². The fraction of sp³-hybridized carbons (Fsp3) is 0. The number of nitrogen functional groups attached to an aromatic ring is 1. The Morgan fingerprint density at radius 1 is 1.32 bits per heavy atom. The van der Waals surface area contributed by atoms with Gasteiger partial charge in [-0.25, -0.2) is 20.2 Å². The van der Waals surface area contributed by atoms with Gasteiger partial charge in [0.15, 0.2) is 5.82 Å². The summed E-state index contributed by atoms with van der Waals surface area (Å²) >= 11 is 5.54. The average molecular weight is 282 g/mol. The van der Waals surface area contributed by atoms with Crippen molar-refractivity contribution < 1.29 is 9.18 Å². The van der Waals surface area contributed by atoms with Crippen LogP contribution in [0.2, 0.25) is 5.02 Å². The first kappa shape index (κ1) is 13.2. The first-order chi connectivity index (χ1) is 9.10. The van der Waals surface area contributed by atoms with Crippen molar-refractivity contribution in [1.29, 1.82) is 0 Å². The van der Waals surface area contributed by atoms with E-state index >= 15 is 0 Å². The Bertz CT molecular complexity index is 605. The second kappa shape index (κ2) is 5.59. The van der Waals surface area contributed by atoms with E-state index in [0.29, 0.717) is 5.82 Å². The second-order valence-corrected chi connectivity index (χ2v) is 3.92. The molecule has 0 atom stereocenters. The topological polar surface area (TPSA) is 92.9 Å². The summed E-state index contributed by atoms with van der Waals surface area (Å²) in [7, 11) is 0. The van der Waals surface area contributed by atoms with Crippen LogP contribution in [0.25, 0.3) is 0 Å². The van der Waals surface area contributed by atoms with E-state index in [-0.39, 0.29) is 16.4 Å². The quantitative estimate of drug-likeness (QED) is 0.589. The standard InChI is InChI=1S/C11H9ClFN5O/c12-7-2-1-6(3-8(7)13)17-11(19)9-4-16-10(18-14)5-15-9/h1-5H,14H2,(H,16,18)(H,17,19). The number of hydrogen-bond donors (Lipinski definition) is 3. The van der Waals surface area contributed by atoms with Gasteiger partial charge in [-0.1, -0.05) is 11.6 Å². The molecule has 2 aromatic rings. The van der Waals surface area contributed by atoms with Crippen LogP contribution in [-0.2, 0) is 0 Å². The minimum Gasteiger partial charge on any atom is -0.320 e. The van der Waals surface area contributed by atoms with Gasteiger partial charge < -0.3 is 10.7 Å². The third-order valence-electron chi connectivity index (χ3n) is 2.21. The summed E-state index contributed by atoms with van der Waals surface area (Å²) in [6, 6.07) is 3.94. The smallest absolute Gasteiger partial charge is 0.275 e. The lowest BCUT2D eigenvalue weighted by molar-refractivity contribution is 0.102. The van der Waals surface area contributed by atoms with E-state index < -0.39 is 11.7 Å². The molecule has 1 aromatic heterocycles. The molecule has 4 N–H and O–H groups in total. The van der Waals surface area contributed by atoms with E-state index in [2.05, 4.69) is 20.7 Å². The molecule has 0 bridgehead atoms. The van der Waals surface area contributed by atoms with E-state index in [9.17, 15) is 9.18 Å². The molecule has 0 aliphatic rings. The van der Waals surface area contributed by atoms with Gasteiger partial charge in [0.2, 0.25) is 0 Å². The predicted octanol–water partition coefficient (Wildman–Crippen LogP) is 1.81. The van der Waals surface area contributed by atoms with Crippen LogP contribution >= 0.6 is 11.6 Å². The zero-order valence-electron chi connectivity index (χ0n) is 9.52. The number of nitrogens with zero attached hydrogens (tertiary/aromatic N) is 2. The summed E-state index contributed by atoms with van der Waals surface area (Å²) in [6.45, 7) is 0. The summed E-state index contributed by atoms with van der Waals surface area (Å²) in [5.41, 5.74) is 2.64. The SMILES string of the molecule is NNc1cnc(C(=O)Nc2ccc(Cl)c(F)c2)cn1. The van der Waals surface area contributed by atoms with E-state index in [1.54, 1.807) is 0 Å². The maximum absolute atomic E-state index is 13.2. The van der Waals surface area contributed by atoms with Crippen LogP contribution in [0.1, 0.15) is 10.5 Å². The third-order valence-corrected chi connectivity index (χ3v) is 2.52. The zero-order valence-corrected chi connectivity index (χ0v) is 10.3. The molecule has 2 rings (SSSR count). The van der Waals surface area contributed by atoms with Gasteiger partial charge in [-0.3, -0.25) is 4.79 Å². The normalized spacial score (nSPS) is 10.1. The molecule has 0 fully saturated rings. The van der Waals surface area contributed by atoms with Gasteiger partial charge in [0.1, 0.15) is 11.5 Å². The van der Waals surface area contributed by atoms with Crippen LogP contribution in [0.4, 0.5) is 15.9 Å². The second-order valence-electron chi connectivity index (χ2n) is 3.51. The lowest BCUT2D eigenvalue weighted by atomic mass is 10.3. The number of carbonyl (C=O) groups is 1. The van der Waals surface area contributed by atoms with Crippen molar-refractivity contribution in [1.82, 2.24) is 9.97 Å². The molecule has 0 unspecified atom stereocenters. The van der Waals surface area contributed by atoms with E-state index in [1.165, 1.54) is 24.5 Å². The van der Waals surface area contributed by atoms with Crippen molar-refractivity contribution >= 4 is 29.0 Å². The molecule has 19 heavy (non-hydrogen) atoms. The Hall–Kier alpha value is -2.25. The fourth-order valence-electron chi connectivity index (χ4n) is 1.29. The van der Waals surface area contributed by atoms with Gasteiger partial charge in [0, 0.05) is 5.69 Å². The highest BCUT2D eigenvalue weighted by Crippen LogP contribution is 2.19. The number of aromatic nitrogens is 2. The third kappa shape index (κ3) is 3.15. The molecule has 1 aromatic carbocycles. The lowest BCUT2D eigenvalue weighted by Crippen LogP contribution is -2.15. The monoisotopic (exact) mass is 281 g/mol. The molecule has 1 heterocycles. The summed E-state index contributed by atoms with van der Waals surface area (Å²) in [5.74, 6) is 4.32. The Morgan fingerprint density at radius 3 is 2.68 bits per heavy atom. The Labute approximate surface area is 112 Å². The van der Waals surface area contributed by atoms with Crippen LogP contribution < -0.4 is 16.6 Å². The number of hydrazine groups is 1. The number of anilines is 2. The number of nitrogens with one attached hydrogen (secondary N) is 2. The largest absolute Gasteiger partial charge is 0.320 e. The number of rotatable bonds is 3. The molecule has 0 saturated carbocycles. The van der Waals surface area contributed by atoms with E-state index in [0.717, 1.165) is 6.07 Å². The lowest BCUT2D eigenvalue weighted by Gasteiger charge is -2.05. The van der Waals surface area contributed by atoms with Crippen LogP contribution in [0.3, 0.4) is 0 Å². The van der Waals surface area contributed by atoms with Gasteiger partial charge in [-0.2, -0.15) is 0 Å². The fourth-order valence-corrected chi connectivity index (χ4v) is 1.41. The first-order valence-electron chi connectivity index (χ1n) is 5.15. The maximum atomic E-state index is 13.2. The molecule has 8 heteroatoms. The summed E-state index contributed by atoms with van der Waals surface area (Å²) in [5, 5.41) is 2.45. The molecule has 0 spiro atoms. The molecule has 0 aliphatic carbocycles. The highest BCUT2D eigenvalue weighted by atomic mass is 35.5. The van der Waals surface area contributed by atoms with Crippen molar-refractivity contribution in [2.45, 2.75) is 0 Å². The average Bonchev–Trinajstić information content (AvgIpc) is 2.43. The van der Waals surface area contributed by atoms with Crippen LogP contribution in [0.15, 0.2) is 30.6 Å². The maximum Gasteiger partial charge on any atom is 0.275 e. The molecule has 0 aliphatic heterocycles. The highest BCUT2D eigenvalue weighted by molar-refractivity contribution is 6.30. The van der Waals surface area contributed by atoms with Gasteiger partial charge in [0.25, 0.3) is 5.91 Å². The van der Waals surface area contributed by atoms with E-state index in [1.807, 2.05) is 0 Å². The van der Waals surface area contributed by atoms with Gasteiger partial charge in [0.05, 0.1) is 17.4 Å². The minimum absolute atomic E-state index is 0.0174. The van der Waals surface area contributed by atoms with Crippen molar-refractivity contribution in [3.8, 4) is 0 Å². The molecule has 0 saturated heterocycles. The number of halogens is 2. The number of benzene rings is 1. The molecule has 0 radical (unpaired) electrons. The van der Waals surface area contributed by atoms with Crippen molar-refractivity contribution in [3.05, 3.63) is 47.1 Å². The van der Waals surface area contributed by atoms with Crippen molar-refractivity contribution in [2.75, 3.05) is 10.7 Å². The summed E-state index contributed by atoms with van der Waals surface area (Å²) < 4.78 is 13.2. The number of carbonyl (C=O) groups excluding carboxylic acids is 1. The van der Waals surface area contributed by atoms with Crippen LogP contribution in [-0.4, -0.2) is 15.9 Å². The van der Waals surface area contributed by atoms with E-state index in [4.69, 9.17) is 17.4 Å². The number of amides is 1. The minimum atomic E-state index is -0.617. The van der Waals surface area contributed by atoms with Gasteiger partial charge in [-0.05, 0) is 18.2 Å². The summed E-state index contributed by atoms with van der Waals surface area (Å²) in [6.07, 6.45) is 2.55. The van der Waals surface area contributed by atoms with Crippen LogP contribution in [0.5, 0.6) is 0 Å². The molecule has 1 amide bonds. The molecular formula is C11H9ClFN5O. The Kier molecular flexibility index (Phi) is 3.88. The number of hydrogen-bond acceptors (Lipinski definition) is 5. The molecular weight excluding hydrogens is 273 g/mol. The molecule has 6 nitrogen and oxygen atoms in total. The van der Waals surface area contributed by atoms with Crippen molar-refractivity contribution in [3.63, 3.8) is 0 Å². The van der Waals surface area contributed by atoms with Crippen LogP contribution in [0, 0.1) is 5.82 Å². The first-order valence-corrected chi connectivity index (χ1v) is 5.53. The Morgan fingerprint density at radius 2 is 2.11 bits per heavy atom. The molecule has 98 valence electrons. The summed E-state index contributed by atoms with van der Waals surface area (Å²) in [4.78, 5) is 19.5.